The molecule has 0 aliphatic heterocycles. The van der Waals surface area contributed by atoms with E-state index in [0.717, 1.165) is 0 Å². The Labute approximate surface area is 162 Å². The van der Waals surface area contributed by atoms with E-state index < -0.39 is 10.0 Å². The van der Waals surface area contributed by atoms with E-state index >= 15 is 0 Å². The lowest BCUT2D eigenvalue weighted by Gasteiger charge is -2.15. The number of ether oxygens (including phenoxy) is 1. The summed E-state index contributed by atoms with van der Waals surface area (Å²) in [5.74, 6) is 1.08. The van der Waals surface area contributed by atoms with Crippen LogP contribution < -0.4 is 19.6 Å². The van der Waals surface area contributed by atoms with E-state index in [1.165, 1.54) is 25.1 Å². The number of methoxy groups -OCH3 is 1. The summed E-state index contributed by atoms with van der Waals surface area (Å²) in [6.45, 7) is 0. The number of fused-ring (bicyclic) bond motifs is 1. The van der Waals surface area contributed by atoms with Crippen LogP contribution >= 0.6 is 11.6 Å². The van der Waals surface area contributed by atoms with Crippen LogP contribution in [0.2, 0.25) is 5.02 Å². The van der Waals surface area contributed by atoms with E-state index in [1.807, 2.05) is 31.1 Å². The fourth-order valence-electron chi connectivity index (χ4n) is 2.84. The zero-order valence-electron chi connectivity index (χ0n) is 15.2. The minimum atomic E-state index is -4.01. The van der Waals surface area contributed by atoms with Gasteiger partial charge in [0.05, 0.1) is 23.8 Å². The molecule has 0 radical (unpaired) electrons. The summed E-state index contributed by atoms with van der Waals surface area (Å²) in [5, 5.41) is 5.85. The van der Waals surface area contributed by atoms with Crippen molar-refractivity contribution in [2.45, 2.75) is 4.90 Å². The molecule has 0 atom stereocenters. The SMILES string of the molecule is COc1nc(N(C)C)ccc1-c1ccc2c(c(S(N)(=O)=O)cn2OC)c1Cl. The fourth-order valence-corrected chi connectivity index (χ4v) is 3.99. The maximum Gasteiger partial charge on any atom is 0.240 e. The van der Waals surface area contributed by atoms with Gasteiger partial charge < -0.3 is 14.5 Å². The first-order valence-corrected chi connectivity index (χ1v) is 9.75. The third-order valence-electron chi connectivity index (χ3n) is 4.13. The van der Waals surface area contributed by atoms with Crippen molar-refractivity contribution >= 4 is 38.3 Å². The smallest absolute Gasteiger partial charge is 0.240 e. The zero-order valence-corrected chi connectivity index (χ0v) is 16.8. The molecule has 2 N–H and O–H groups in total. The Bertz CT molecular complexity index is 1130. The van der Waals surface area contributed by atoms with E-state index in [2.05, 4.69) is 4.98 Å². The molecule has 144 valence electrons. The number of benzene rings is 1. The highest BCUT2D eigenvalue weighted by molar-refractivity contribution is 7.89. The first-order valence-electron chi connectivity index (χ1n) is 7.82. The molecule has 27 heavy (non-hydrogen) atoms. The summed E-state index contributed by atoms with van der Waals surface area (Å²) in [7, 11) is 2.65. The monoisotopic (exact) mass is 410 g/mol. The van der Waals surface area contributed by atoms with Crippen molar-refractivity contribution < 1.29 is 18.0 Å². The summed E-state index contributed by atoms with van der Waals surface area (Å²) >= 11 is 6.61. The van der Waals surface area contributed by atoms with Crippen LogP contribution in [0.4, 0.5) is 5.82 Å². The van der Waals surface area contributed by atoms with Gasteiger partial charge in [-0.05, 0) is 18.2 Å². The summed E-state index contributed by atoms with van der Waals surface area (Å²) in [6.07, 6.45) is 1.29. The quantitative estimate of drug-likeness (QED) is 0.691. The van der Waals surface area contributed by atoms with Gasteiger partial charge in [-0.25, -0.2) is 13.6 Å². The molecule has 0 bridgehead atoms. The molecule has 0 spiro atoms. The van der Waals surface area contributed by atoms with Gasteiger partial charge in [-0.15, -0.1) is 0 Å². The lowest BCUT2D eigenvalue weighted by atomic mass is 10.0. The molecule has 3 aromatic rings. The summed E-state index contributed by atoms with van der Waals surface area (Å²) in [4.78, 5) is 11.4. The van der Waals surface area contributed by atoms with Crippen molar-refractivity contribution in [2.75, 3.05) is 33.2 Å². The second-order valence-electron chi connectivity index (χ2n) is 5.99. The molecule has 10 heteroatoms. The first-order chi connectivity index (χ1) is 12.7. The van der Waals surface area contributed by atoms with Crippen LogP contribution in [-0.4, -0.2) is 46.4 Å². The highest BCUT2D eigenvalue weighted by atomic mass is 35.5. The number of sulfonamides is 1. The predicted molar refractivity (Wildman–Crippen MR) is 105 cm³/mol. The second kappa shape index (κ2) is 6.91. The lowest BCUT2D eigenvalue weighted by molar-refractivity contribution is 0.178. The minimum absolute atomic E-state index is 0.122. The van der Waals surface area contributed by atoms with Gasteiger partial charge in [-0.3, -0.25) is 0 Å². The van der Waals surface area contributed by atoms with Crippen LogP contribution in [0.25, 0.3) is 22.0 Å². The number of nitrogens with zero attached hydrogens (tertiary/aromatic N) is 3. The third-order valence-corrected chi connectivity index (χ3v) is 5.44. The molecule has 0 aliphatic rings. The molecular formula is C17H19ClN4O4S. The normalized spacial score (nSPS) is 11.6. The van der Waals surface area contributed by atoms with Gasteiger partial charge in [0.25, 0.3) is 0 Å². The Morgan fingerprint density at radius 2 is 1.81 bits per heavy atom. The maximum absolute atomic E-state index is 12.0. The molecule has 0 saturated heterocycles. The van der Waals surface area contributed by atoms with Crippen LogP contribution in [0.1, 0.15) is 0 Å². The van der Waals surface area contributed by atoms with E-state index in [4.69, 9.17) is 26.3 Å². The molecule has 1 aromatic carbocycles. The number of hydrogen-bond acceptors (Lipinski definition) is 6. The molecule has 0 fully saturated rings. The van der Waals surface area contributed by atoms with Gasteiger partial charge in [0.15, 0.2) is 0 Å². The minimum Gasteiger partial charge on any atom is -0.480 e. The highest BCUT2D eigenvalue weighted by Crippen LogP contribution is 2.41. The molecule has 3 rings (SSSR count). The van der Waals surface area contributed by atoms with Crippen molar-refractivity contribution in [3.8, 4) is 17.0 Å². The molecule has 8 nitrogen and oxygen atoms in total. The largest absolute Gasteiger partial charge is 0.480 e. The molecule has 0 amide bonds. The van der Waals surface area contributed by atoms with Crippen LogP contribution in [0.3, 0.4) is 0 Å². The van der Waals surface area contributed by atoms with Crippen molar-refractivity contribution in [3.63, 3.8) is 0 Å². The van der Waals surface area contributed by atoms with Crippen LogP contribution in [0.15, 0.2) is 35.4 Å². The maximum atomic E-state index is 12.0. The Hall–Kier alpha value is -2.49. The molecule has 0 aliphatic carbocycles. The second-order valence-corrected chi connectivity index (χ2v) is 7.90. The highest BCUT2D eigenvalue weighted by Gasteiger charge is 2.23. The number of nitrogens with two attached hydrogens (primary N) is 1. The average molecular weight is 411 g/mol. The molecule has 0 saturated carbocycles. The number of hydrogen-bond donors (Lipinski definition) is 1. The Kier molecular flexibility index (Phi) is 4.94. The van der Waals surface area contributed by atoms with Gasteiger partial charge in [0.2, 0.25) is 15.9 Å². The Morgan fingerprint density at radius 1 is 1.15 bits per heavy atom. The fraction of sp³-hybridized carbons (Fsp3) is 0.235. The number of pyridine rings is 1. The van der Waals surface area contributed by atoms with Gasteiger partial charge in [-0.1, -0.05) is 17.7 Å². The molecule has 0 unspecified atom stereocenters. The lowest BCUT2D eigenvalue weighted by Crippen LogP contribution is -2.12. The number of anilines is 1. The van der Waals surface area contributed by atoms with Crippen LogP contribution in [-0.2, 0) is 10.0 Å². The average Bonchev–Trinajstić information content (AvgIpc) is 3.01. The van der Waals surface area contributed by atoms with Crippen LogP contribution in [0.5, 0.6) is 5.88 Å². The Balaban J connectivity index is 2.33. The van der Waals surface area contributed by atoms with Crippen molar-refractivity contribution in [3.05, 3.63) is 35.5 Å². The van der Waals surface area contributed by atoms with Crippen LogP contribution in [0, 0.1) is 0 Å². The van der Waals surface area contributed by atoms with E-state index in [9.17, 15) is 8.42 Å². The molecule has 2 aromatic heterocycles. The molecule has 2 heterocycles. The number of primary sulfonamides is 1. The van der Waals surface area contributed by atoms with Gasteiger partial charge in [-0.2, -0.15) is 9.71 Å². The standard InChI is InChI=1S/C17H19ClN4O4S/c1-21(2)14-8-6-11(17(20-14)25-3)10-5-7-12-15(16(10)18)13(27(19,23)24)9-22(12)26-4/h5-9H,1-4H3,(H2,19,23,24). The van der Waals surface area contributed by atoms with Gasteiger partial charge in [0, 0.05) is 30.6 Å². The van der Waals surface area contributed by atoms with E-state index in [-0.39, 0.29) is 15.3 Å². The van der Waals surface area contributed by atoms with Gasteiger partial charge >= 0.3 is 0 Å². The summed E-state index contributed by atoms with van der Waals surface area (Å²) < 4.78 is 30.8. The third kappa shape index (κ3) is 3.29. The molecular weight excluding hydrogens is 392 g/mol. The number of rotatable bonds is 5. The van der Waals surface area contributed by atoms with E-state index in [1.54, 1.807) is 12.1 Å². The predicted octanol–water partition coefficient (Wildman–Crippen LogP) is 2.14. The number of aromatic nitrogens is 2. The van der Waals surface area contributed by atoms with Crippen molar-refractivity contribution in [1.29, 1.82) is 0 Å². The topological polar surface area (TPSA) is 99.7 Å². The number of halogens is 1. The summed E-state index contributed by atoms with van der Waals surface area (Å²) in [6, 6.07) is 7.09. The summed E-state index contributed by atoms with van der Waals surface area (Å²) in [5.41, 5.74) is 1.67. The first kappa shape index (κ1) is 19.3. The van der Waals surface area contributed by atoms with Crippen molar-refractivity contribution in [1.82, 2.24) is 9.71 Å². The van der Waals surface area contributed by atoms with Gasteiger partial charge in [0.1, 0.15) is 17.8 Å². The Morgan fingerprint density at radius 3 is 2.37 bits per heavy atom. The van der Waals surface area contributed by atoms with E-state index in [0.29, 0.717) is 28.3 Å². The van der Waals surface area contributed by atoms with Crippen molar-refractivity contribution in [2.24, 2.45) is 5.14 Å². The zero-order chi connectivity index (χ0) is 19.9.